The van der Waals surface area contributed by atoms with Gasteiger partial charge in [-0.05, 0) is 0 Å². The summed E-state index contributed by atoms with van der Waals surface area (Å²) in [7, 11) is 0. The monoisotopic (exact) mass is 1380 g/mol. The Hall–Kier alpha value is 5.18. The molecule has 0 rings (SSSR count). The first-order valence-electron chi connectivity index (χ1n) is 0. The van der Waals surface area contributed by atoms with Crippen molar-refractivity contribution in [3.8, 4) is 0 Å². The molecule has 7 radical (unpaired) electrons. The van der Waals surface area contributed by atoms with Crippen molar-refractivity contribution in [3.63, 3.8) is 0 Å². The normalized spacial score (nSPS) is 0. The van der Waals surface area contributed by atoms with E-state index in [-0.39, 0.29) is 157 Å². The van der Waals surface area contributed by atoms with Crippen molar-refractivity contribution in [1.29, 1.82) is 0 Å². The fourth-order valence-electron chi connectivity index (χ4n) is 0. The van der Waals surface area contributed by atoms with Gasteiger partial charge in [-0.1, -0.05) is 0 Å². The van der Waals surface area contributed by atoms with E-state index in [0.29, 0.717) is 0 Å². The molecule has 7 heavy (non-hydrogen) atoms. The number of hydrogen-bond acceptors (Lipinski definition) is 0. The molecule has 0 aromatic carbocycles. The van der Waals surface area contributed by atoms with Gasteiger partial charge in [0, 0.05) is 157 Å². The molecule has 0 aliphatic rings. The van der Waals surface area contributed by atoms with Crippen LogP contribution in [-0.2, 0) is 157 Å². The molecule has 0 heterocycles. The predicted molar refractivity (Wildman–Crippen MR) is 0 cm³/mol. The smallest absolute Gasteiger partial charge is 0 e. The summed E-state index contributed by atoms with van der Waals surface area (Å²) in [6, 6.07) is 0. The molecule has 0 aromatic heterocycles. The molecule has 0 N–H and O–H groups in total. The molecule has 7 heteroatoms. The van der Waals surface area contributed by atoms with Crippen molar-refractivity contribution >= 4 is 0 Å². The summed E-state index contributed by atoms with van der Waals surface area (Å²) >= 11 is 0. The zero-order chi connectivity index (χ0) is 0. The molecule has 0 fully saturated rings. The molecule has 0 nitrogen and oxygen atoms in total. The van der Waals surface area contributed by atoms with E-state index in [1.165, 1.54) is 0 Å². The van der Waals surface area contributed by atoms with Crippen LogP contribution in [0.15, 0.2) is 0 Å². The fourth-order valence-corrected chi connectivity index (χ4v) is 0. The molecule has 0 atom stereocenters. The van der Waals surface area contributed by atoms with Gasteiger partial charge in [0.2, 0.25) is 0 Å². The predicted octanol–water partition coefficient (Wildman–Crippen LogP) is -0.0175. The maximum absolute atomic E-state index is 0. The number of rotatable bonds is 0. The molecule has 0 unspecified atom stereocenters. The van der Waals surface area contributed by atoms with Crippen LogP contribution in [0.3, 0.4) is 0 Å². The minimum atomic E-state index is 0. The Bertz CT molecular complexity index is 0. The van der Waals surface area contributed by atoms with Crippen LogP contribution in [0.25, 0.3) is 0 Å². The van der Waals surface area contributed by atoms with Crippen molar-refractivity contribution in [2.75, 3.05) is 0 Å². The van der Waals surface area contributed by atoms with Crippen LogP contribution < -0.4 is 0 Å². The first-order chi connectivity index (χ1) is 0. The van der Waals surface area contributed by atoms with Gasteiger partial charge in [-0.25, -0.2) is 0 Å². The van der Waals surface area contributed by atoms with Crippen LogP contribution in [0.5, 0.6) is 0 Å². The van der Waals surface area contributed by atoms with Gasteiger partial charge in [0.15, 0.2) is 0 Å². The largest absolute Gasteiger partial charge is 0 e. The van der Waals surface area contributed by atoms with Crippen molar-refractivity contribution in [2.45, 2.75) is 0 Å². The Morgan fingerprint density at radius 1 is 0.143 bits per heavy atom. The second-order valence-electron chi connectivity index (χ2n) is 0. The van der Waals surface area contributed by atoms with Crippen molar-refractivity contribution in [2.24, 2.45) is 0 Å². The van der Waals surface area contributed by atoms with E-state index in [1.807, 2.05) is 0 Å². The zero-order valence-corrected chi connectivity index (χ0v) is 17.3. The zero-order valence-electron chi connectivity index (χ0n) is 2.11. The Balaban J connectivity index is 0. The summed E-state index contributed by atoms with van der Waals surface area (Å²) in [4.78, 5) is 0. The average molecular weight is 1380 g/mol. The van der Waals surface area contributed by atoms with Gasteiger partial charge in [-0.3, -0.25) is 0 Å². The van der Waals surface area contributed by atoms with E-state index in [9.17, 15) is 0 Å². The average Bonchev–Trinajstić information content (AvgIpc) is 0. The molecule has 0 aliphatic heterocycles. The van der Waals surface area contributed by atoms with Crippen LogP contribution >= 0.6 is 0 Å². The van der Waals surface area contributed by atoms with E-state index >= 15 is 0 Å². The molecule has 0 amide bonds. The quantitative estimate of drug-likeness (QED) is 0.300. The van der Waals surface area contributed by atoms with Gasteiger partial charge in [-0.15, -0.1) is 0 Å². The van der Waals surface area contributed by atoms with Crippen LogP contribution in [0, 0.1) is 0 Å². The summed E-state index contributed by atoms with van der Waals surface area (Å²) in [5, 5.41) is 0. The summed E-state index contributed by atoms with van der Waals surface area (Å²) in [5.41, 5.74) is 0. The fraction of sp³-hybridized carbons (Fsp3) is 0. The van der Waals surface area contributed by atoms with Gasteiger partial charge >= 0.3 is 0 Å². The molecule has 0 spiro atoms. The first kappa shape index (κ1) is 56.7. The van der Waals surface area contributed by atoms with E-state index in [4.69, 9.17) is 0 Å². The van der Waals surface area contributed by atoms with Crippen molar-refractivity contribution in [1.82, 2.24) is 0 Å². The minimum Gasteiger partial charge on any atom is 0 e. The maximum Gasteiger partial charge on any atom is 0 e. The summed E-state index contributed by atoms with van der Waals surface area (Å²) < 4.78 is 0. The van der Waals surface area contributed by atoms with Crippen LogP contribution in [0.1, 0.15) is 0 Å². The Kier molecular flexibility index (Phi) is 350. The topological polar surface area (TPSA) is 0 Å². The Labute approximate surface area is 153 Å². The SMILES string of the molecule is [Au].[Au].[Au].[Au].[Au].[Au].[Au]. The summed E-state index contributed by atoms with van der Waals surface area (Å²) in [5.74, 6) is 0. The van der Waals surface area contributed by atoms with E-state index < -0.39 is 0 Å². The third-order valence-corrected chi connectivity index (χ3v) is 0. The van der Waals surface area contributed by atoms with E-state index in [2.05, 4.69) is 0 Å². The van der Waals surface area contributed by atoms with Crippen molar-refractivity contribution < 1.29 is 157 Å². The summed E-state index contributed by atoms with van der Waals surface area (Å²) in [6.45, 7) is 0. The molecule has 0 bridgehead atoms. The molecule has 0 aliphatic carbocycles. The van der Waals surface area contributed by atoms with E-state index in [0.717, 1.165) is 0 Å². The number of hydrogen-bond donors (Lipinski definition) is 0. The second kappa shape index (κ2) is 43.2. The summed E-state index contributed by atoms with van der Waals surface area (Å²) in [6.07, 6.45) is 0. The standard InChI is InChI=1S/7Au. The van der Waals surface area contributed by atoms with Crippen LogP contribution in [0.2, 0.25) is 0 Å². The third kappa shape index (κ3) is 35.1. The maximum atomic E-state index is 0. The third-order valence-electron chi connectivity index (χ3n) is 0. The van der Waals surface area contributed by atoms with Crippen LogP contribution in [-0.4, -0.2) is 0 Å². The molecule has 77 valence electrons. The Morgan fingerprint density at radius 2 is 0.143 bits per heavy atom. The molecule has 0 saturated heterocycles. The molecular formula is Au7. The van der Waals surface area contributed by atoms with Gasteiger partial charge in [0.1, 0.15) is 0 Å². The van der Waals surface area contributed by atoms with E-state index in [1.54, 1.807) is 0 Å². The Morgan fingerprint density at radius 3 is 0.143 bits per heavy atom. The van der Waals surface area contributed by atoms with Crippen molar-refractivity contribution in [3.05, 3.63) is 0 Å². The van der Waals surface area contributed by atoms with Gasteiger partial charge in [0.25, 0.3) is 0 Å². The molecule has 0 aromatic rings. The first-order valence-corrected chi connectivity index (χ1v) is 0. The van der Waals surface area contributed by atoms with Gasteiger partial charge < -0.3 is 0 Å². The van der Waals surface area contributed by atoms with Gasteiger partial charge in [-0.2, -0.15) is 0 Å². The molecule has 0 saturated carbocycles. The second-order valence-corrected chi connectivity index (χ2v) is 0. The minimum absolute atomic E-state index is 0. The van der Waals surface area contributed by atoms with Crippen LogP contribution in [0.4, 0.5) is 0 Å². The molecular weight excluding hydrogens is 1380 g/mol. The van der Waals surface area contributed by atoms with Gasteiger partial charge in [0.05, 0.1) is 0 Å².